The van der Waals surface area contributed by atoms with Gasteiger partial charge in [-0.2, -0.15) is 5.10 Å². The Morgan fingerprint density at radius 3 is 2.40 bits per heavy atom. The lowest BCUT2D eigenvalue weighted by Gasteiger charge is -2.48. The zero-order chi connectivity index (χ0) is 21.0. The summed E-state index contributed by atoms with van der Waals surface area (Å²) in [4.78, 5) is 28.2. The smallest absolute Gasteiger partial charge is 0.275 e. The second kappa shape index (κ2) is 9.13. The van der Waals surface area contributed by atoms with Crippen LogP contribution in [-0.2, 0) is 0 Å². The fourth-order valence-electron chi connectivity index (χ4n) is 5.05. The van der Waals surface area contributed by atoms with Gasteiger partial charge in [0.1, 0.15) is 0 Å². The van der Waals surface area contributed by atoms with Gasteiger partial charge in [0.2, 0.25) is 5.43 Å². The summed E-state index contributed by atoms with van der Waals surface area (Å²) in [6.07, 6.45) is 9.67. The molecule has 1 amide bonds. The van der Waals surface area contributed by atoms with E-state index in [1.54, 1.807) is 4.68 Å². The van der Waals surface area contributed by atoms with Gasteiger partial charge >= 0.3 is 0 Å². The van der Waals surface area contributed by atoms with E-state index in [4.69, 9.17) is 0 Å². The van der Waals surface area contributed by atoms with Crippen LogP contribution in [0.1, 0.15) is 67.5 Å². The number of piperidine rings is 1. The molecule has 1 saturated carbocycles. The highest BCUT2D eigenvalue weighted by Crippen LogP contribution is 2.35. The van der Waals surface area contributed by atoms with Crippen molar-refractivity contribution in [3.63, 3.8) is 0 Å². The molecule has 0 unspecified atom stereocenters. The second-order valence-electron chi connectivity index (χ2n) is 8.76. The summed E-state index contributed by atoms with van der Waals surface area (Å²) in [7, 11) is 0. The Bertz CT molecular complexity index is 926. The van der Waals surface area contributed by atoms with Gasteiger partial charge in [0.25, 0.3) is 5.91 Å². The lowest BCUT2D eigenvalue weighted by molar-refractivity contribution is 0.0325. The third-order valence-corrected chi connectivity index (χ3v) is 6.71. The Hall–Kier alpha value is -2.47. The van der Waals surface area contributed by atoms with Crippen LogP contribution in [-0.4, -0.2) is 45.8 Å². The summed E-state index contributed by atoms with van der Waals surface area (Å²) < 4.78 is 1.66. The SMILES string of the molecule is Cc1cc(=O)c(C(=O)NCC2(N3CCCCC3)CCCCC2)nn1-c1ccccc1. The molecule has 2 heterocycles. The van der Waals surface area contributed by atoms with Gasteiger partial charge in [-0.1, -0.05) is 43.9 Å². The highest BCUT2D eigenvalue weighted by atomic mass is 16.2. The second-order valence-corrected chi connectivity index (χ2v) is 8.76. The average Bonchev–Trinajstić information content (AvgIpc) is 2.79. The molecular weight excluding hydrogens is 376 g/mol. The summed E-state index contributed by atoms with van der Waals surface area (Å²) in [5, 5.41) is 7.51. The van der Waals surface area contributed by atoms with Crippen molar-refractivity contribution >= 4 is 5.91 Å². The first-order chi connectivity index (χ1) is 14.6. The van der Waals surface area contributed by atoms with Gasteiger partial charge in [0.05, 0.1) is 5.69 Å². The third kappa shape index (κ3) is 4.33. The van der Waals surface area contributed by atoms with E-state index in [1.165, 1.54) is 44.6 Å². The van der Waals surface area contributed by atoms with Crippen LogP contribution in [0.25, 0.3) is 5.69 Å². The number of nitrogens with one attached hydrogen (secondary N) is 1. The molecule has 2 aliphatic rings. The van der Waals surface area contributed by atoms with Crippen LogP contribution in [0.3, 0.4) is 0 Å². The first kappa shape index (κ1) is 20.8. The van der Waals surface area contributed by atoms with Crippen molar-refractivity contribution in [3.8, 4) is 5.69 Å². The van der Waals surface area contributed by atoms with E-state index < -0.39 is 0 Å². The lowest BCUT2D eigenvalue weighted by Crippen LogP contribution is -2.58. The van der Waals surface area contributed by atoms with E-state index in [1.807, 2.05) is 37.3 Å². The molecule has 1 aromatic heterocycles. The molecule has 160 valence electrons. The quantitative estimate of drug-likeness (QED) is 0.823. The topological polar surface area (TPSA) is 67.2 Å². The van der Waals surface area contributed by atoms with Gasteiger partial charge < -0.3 is 5.32 Å². The maximum atomic E-state index is 13.0. The molecule has 4 rings (SSSR count). The molecular formula is C24H32N4O2. The van der Waals surface area contributed by atoms with Crippen LogP contribution in [0.5, 0.6) is 0 Å². The standard InChI is InChI=1S/C24H32N4O2/c1-19-17-21(29)22(26-28(19)20-11-5-2-6-12-20)23(30)25-18-24(13-7-3-8-14-24)27-15-9-4-10-16-27/h2,5-6,11-12,17H,3-4,7-10,13-16,18H2,1H3,(H,25,30). The van der Waals surface area contributed by atoms with Crippen molar-refractivity contribution in [2.24, 2.45) is 0 Å². The Kier molecular flexibility index (Phi) is 6.32. The number of aryl methyl sites for hydroxylation is 1. The number of carbonyl (C=O) groups excluding carboxylic acids is 1. The number of rotatable bonds is 5. The summed E-state index contributed by atoms with van der Waals surface area (Å²) in [6, 6.07) is 11.1. The predicted molar refractivity (Wildman–Crippen MR) is 118 cm³/mol. The zero-order valence-electron chi connectivity index (χ0n) is 17.9. The average molecular weight is 409 g/mol. The zero-order valence-corrected chi connectivity index (χ0v) is 17.9. The molecule has 0 radical (unpaired) electrons. The van der Waals surface area contributed by atoms with Crippen molar-refractivity contribution in [2.45, 2.75) is 63.8 Å². The first-order valence-electron chi connectivity index (χ1n) is 11.3. The molecule has 1 saturated heterocycles. The maximum Gasteiger partial charge on any atom is 0.275 e. The summed E-state index contributed by atoms with van der Waals surface area (Å²) in [5.74, 6) is -0.369. The van der Waals surface area contributed by atoms with E-state index in [0.29, 0.717) is 12.2 Å². The van der Waals surface area contributed by atoms with E-state index in [-0.39, 0.29) is 22.6 Å². The van der Waals surface area contributed by atoms with Crippen molar-refractivity contribution in [1.82, 2.24) is 20.0 Å². The van der Waals surface area contributed by atoms with Gasteiger partial charge in [-0.15, -0.1) is 0 Å². The molecule has 2 aromatic rings. The summed E-state index contributed by atoms with van der Waals surface area (Å²) in [5.41, 5.74) is 1.21. The molecule has 30 heavy (non-hydrogen) atoms. The minimum absolute atomic E-state index is 0.0253. The molecule has 6 heteroatoms. The monoisotopic (exact) mass is 408 g/mol. The van der Waals surface area contributed by atoms with Gasteiger partial charge in [-0.3, -0.25) is 14.5 Å². The highest BCUT2D eigenvalue weighted by Gasteiger charge is 2.38. The molecule has 2 fully saturated rings. The Labute approximate surface area is 178 Å². The van der Waals surface area contributed by atoms with Gasteiger partial charge in [0.15, 0.2) is 5.69 Å². The number of carbonyl (C=O) groups is 1. The molecule has 0 spiro atoms. The number of hydrogen-bond donors (Lipinski definition) is 1. The van der Waals surface area contributed by atoms with Gasteiger partial charge in [-0.25, -0.2) is 4.68 Å². The highest BCUT2D eigenvalue weighted by molar-refractivity contribution is 5.92. The fourth-order valence-corrected chi connectivity index (χ4v) is 5.05. The van der Waals surface area contributed by atoms with Crippen LogP contribution < -0.4 is 10.7 Å². The van der Waals surface area contributed by atoms with E-state index >= 15 is 0 Å². The van der Waals surface area contributed by atoms with Gasteiger partial charge in [-0.05, 0) is 57.8 Å². The molecule has 1 aliphatic carbocycles. The van der Waals surface area contributed by atoms with Crippen molar-refractivity contribution < 1.29 is 4.79 Å². The number of nitrogens with zero attached hydrogens (tertiary/aromatic N) is 3. The van der Waals surface area contributed by atoms with Crippen molar-refractivity contribution in [3.05, 3.63) is 58.0 Å². The Morgan fingerprint density at radius 2 is 1.70 bits per heavy atom. The minimum atomic E-state index is -0.369. The Morgan fingerprint density at radius 1 is 1.03 bits per heavy atom. The van der Waals surface area contributed by atoms with Crippen molar-refractivity contribution in [2.75, 3.05) is 19.6 Å². The molecule has 1 aromatic carbocycles. The number of para-hydroxylation sites is 1. The van der Waals surface area contributed by atoms with Crippen LogP contribution >= 0.6 is 0 Å². The number of hydrogen-bond acceptors (Lipinski definition) is 4. The molecule has 6 nitrogen and oxygen atoms in total. The predicted octanol–water partition coefficient (Wildman–Crippen LogP) is 3.46. The van der Waals surface area contributed by atoms with Crippen LogP contribution in [0, 0.1) is 6.92 Å². The third-order valence-electron chi connectivity index (χ3n) is 6.71. The number of amides is 1. The fraction of sp³-hybridized carbons (Fsp3) is 0.542. The maximum absolute atomic E-state index is 13.0. The number of benzene rings is 1. The lowest BCUT2D eigenvalue weighted by atomic mass is 9.79. The van der Waals surface area contributed by atoms with E-state index in [2.05, 4.69) is 15.3 Å². The minimum Gasteiger partial charge on any atom is -0.349 e. The van der Waals surface area contributed by atoms with Gasteiger partial charge in [0, 0.05) is 23.8 Å². The van der Waals surface area contributed by atoms with E-state index in [9.17, 15) is 9.59 Å². The molecule has 1 aliphatic heterocycles. The summed E-state index contributed by atoms with van der Waals surface area (Å²) in [6.45, 7) is 4.64. The Balaban J connectivity index is 1.55. The largest absolute Gasteiger partial charge is 0.349 e. The number of likely N-dealkylation sites (tertiary alicyclic amines) is 1. The first-order valence-corrected chi connectivity index (χ1v) is 11.3. The van der Waals surface area contributed by atoms with Crippen LogP contribution in [0.15, 0.2) is 41.2 Å². The van der Waals surface area contributed by atoms with Crippen molar-refractivity contribution in [1.29, 1.82) is 0 Å². The molecule has 1 N–H and O–H groups in total. The summed E-state index contributed by atoms with van der Waals surface area (Å²) >= 11 is 0. The molecule has 0 atom stereocenters. The van der Waals surface area contributed by atoms with Crippen LogP contribution in [0.4, 0.5) is 0 Å². The number of aromatic nitrogens is 2. The van der Waals surface area contributed by atoms with E-state index in [0.717, 1.165) is 31.6 Å². The van der Waals surface area contributed by atoms with Crippen LogP contribution in [0.2, 0.25) is 0 Å². The molecule has 0 bridgehead atoms. The normalized spacial score (nSPS) is 19.4.